The predicted octanol–water partition coefficient (Wildman–Crippen LogP) is 2.57. The number of nitrogens with zero attached hydrogens (tertiary/aromatic N) is 4. The Morgan fingerprint density at radius 2 is 1.95 bits per heavy atom. The Labute approximate surface area is 117 Å². The van der Waals surface area contributed by atoms with Crippen molar-refractivity contribution in [2.75, 3.05) is 32.0 Å². The lowest BCUT2D eigenvalue weighted by Gasteiger charge is -2.17. The van der Waals surface area contributed by atoms with Gasteiger partial charge < -0.3 is 10.2 Å². The van der Waals surface area contributed by atoms with Crippen molar-refractivity contribution in [2.24, 2.45) is 0 Å². The fraction of sp³-hybridized carbons (Fsp3) is 0.857. The van der Waals surface area contributed by atoms with E-state index in [0.717, 1.165) is 25.3 Å². The lowest BCUT2D eigenvalue weighted by molar-refractivity contribution is 0.327. The van der Waals surface area contributed by atoms with Crippen LogP contribution in [0.1, 0.15) is 47.0 Å². The van der Waals surface area contributed by atoms with Crippen molar-refractivity contribution in [3.8, 4) is 0 Å². The summed E-state index contributed by atoms with van der Waals surface area (Å²) >= 11 is 0. The van der Waals surface area contributed by atoms with Gasteiger partial charge in [-0.15, -0.1) is 5.10 Å². The SMILES string of the molecule is CCCCN(C)CCCNc1cn(C(C)(C)C)nn1. The standard InChI is InChI=1S/C14H29N5/c1-6-7-10-18(5)11-8-9-15-13-12-19(17-16-13)14(2,3)4/h12,15H,6-11H2,1-5H3. The lowest BCUT2D eigenvalue weighted by atomic mass is 10.1. The van der Waals surface area contributed by atoms with Crippen molar-refractivity contribution in [2.45, 2.75) is 52.5 Å². The molecule has 1 rings (SSSR count). The summed E-state index contributed by atoms with van der Waals surface area (Å²) < 4.78 is 1.89. The molecule has 0 spiro atoms. The van der Waals surface area contributed by atoms with E-state index in [1.54, 1.807) is 0 Å². The molecule has 5 heteroatoms. The summed E-state index contributed by atoms with van der Waals surface area (Å²) in [5, 5.41) is 11.6. The molecule has 110 valence electrons. The number of unbranched alkanes of at least 4 members (excludes halogenated alkanes) is 1. The smallest absolute Gasteiger partial charge is 0.168 e. The van der Waals surface area contributed by atoms with Crippen LogP contribution in [0, 0.1) is 0 Å². The molecule has 0 saturated heterocycles. The Balaban J connectivity index is 2.21. The molecule has 0 unspecified atom stereocenters. The molecule has 19 heavy (non-hydrogen) atoms. The van der Waals surface area contributed by atoms with Crippen molar-refractivity contribution >= 4 is 5.82 Å². The Hall–Kier alpha value is -1.10. The molecule has 0 saturated carbocycles. The second-order valence-electron chi connectivity index (χ2n) is 6.16. The first kappa shape index (κ1) is 16.0. The van der Waals surface area contributed by atoms with Crippen LogP contribution in [0.15, 0.2) is 6.20 Å². The van der Waals surface area contributed by atoms with Crippen molar-refractivity contribution < 1.29 is 0 Å². The molecule has 1 heterocycles. The van der Waals surface area contributed by atoms with Crippen LogP contribution in [-0.4, -0.2) is 46.6 Å². The molecular weight excluding hydrogens is 238 g/mol. The maximum Gasteiger partial charge on any atom is 0.168 e. The summed E-state index contributed by atoms with van der Waals surface area (Å²) in [6.07, 6.45) is 5.64. The molecule has 0 aliphatic carbocycles. The van der Waals surface area contributed by atoms with E-state index in [2.05, 4.69) is 55.3 Å². The minimum atomic E-state index is -0.00665. The average Bonchev–Trinajstić information content (AvgIpc) is 2.80. The highest BCUT2D eigenvalue weighted by atomic mass is 15.5. The van der Waals surface area contributed by atoms with E-state index in [0.29, 0.717) is 0 Å². The Bertz CT molecular complexity index is 353. The molecular formula is C14H29N5. The molecule has 0 aliphatic rings. The molecule has 0 fully saturated rings. The number of anilines is 1. The topological polar surface area (TPSA) is 46.0 Å². The zero-order valence-corrected chi connectivity index (χ0v) is 13.1. The summed E-state index contributed by atoms with van der Waals surface area (Å²) in [5.74, 6) is 0.867. The first-order valence-electron chi connectivity index (χ1n) is 7.28. The van der Waals surface area contributed by atoms with Crippen LogP contribution in [-0.2, 0) is 5.54 Å². The number of nitrogens with one attached hydrogen (secondary N) is 1. The van der Waals surface area contributed by atoms with E-state index in [1.807, 2.05) is 10.9 Å². The second-order valence-corrected chi connectivity index (χ2v) is 6.16. The van der Waals surface area contributed by atoms with E-state index in [4.69, 9.17) is 0 Å². The van der Waals surface area contributed by atoms with Crippen LogP contribution in [0.3, 0.4) is 0 Å². The number of rotatable bonds is 8. The van der Waals surface area contributed by atoms with Gasteiger partial charge in [0, 0.05) is 6.54 Å². The Morgan fingerprint density at radius 3 is 2.53 bits per heavy atom. The van der Waals surface area contributed by atoms with Crippen LogP contribution in [0.2, 0.25) is 0 Å². The maximum absolute atomic E-state index is 4.14. The number of hydrogen-bond acceptors (Lipinski definition) is 4. The molecule has 0 amide bonds. The van der Waals surface area contributed by atoms with Gasteiger partial charge in [0.05, 0.1) is 11.7 Å². The summed E-state index contributed by atoms with van der Waals surface area (Å²) in [6.45, 7) is 11.8. The van der Waals surface area contributed by atoms with Gasteiger partial charge in [-0.05, 0) is 53.8 Å². The van der Waals surface area contributed by atoms with Gasteiger partial charge >= 0.3 is 0 Å². The fourth-order valence-corrected chi connectivity index (χ4v) is 1.78. The number of hydrogen-bond donors (Lipinski definition) is 1. The van der Waals surface area contributed by atoms with E-state index in [-0.39, 0.29) is 5.54 Å². The third-order valence-corrected chi connectivity index (χ3v) is 3.10. The Morgan fingerprint density at radius 1 is 1.26 bits per heavy atom. The predicted molar refractivity (Wildman–Crippen MR) is 80.5 cm³/mol. The zero-order chi connectivity index (χ0) is 14.3. The van der Waals surface area contributed by atoms with Gasteiger partial charge in [-0.2, -0.15) is 0 Å². The highest BCUT2D eigenvalue weighted by Gasteiger charge is 2.14. The van der Waals surface area contributed by atoms with E-state index >= 15 is 0 Å². The van der Waals surface area contributed by atoms with Crippen molar-refractivity contribution in [3.63, 3.8) is 0 Å². The van der Waals surface area contributed by atoms with Crippen LogP contribution in [0.25, 0.3) is 0 Å². The fourth-order valence-electron chi connectivity index (χ4n) is 1.78. The van der Waals surface area contributed by atoms with Crippen molar-refractivity contribution in [1.29, 1.82) is 0 Å². The molecule has 0 bridgehead atoms. The molecule has 0 atom stereocenters. The van der Waals surface area contributed by atoms with Gasteiger partial charge in [0.1, 0.15) is 0 Å². The molecule has 1 N–H and O–H groups in total. The van der Waals surface area contributed by atoms with Gasteiger partial charge in [-0.3, -0.25) is 0 Å². The zero-order valence-electron chi connectivity index (χ0n) is 13.1. The van der Waals surface area contributed by atoms with E-state index in [1.165, 1.54) is 19.4 Å². The van der Waals surface area contributed by atoms with E-state index in [9.17, 15) is 0 Å². The number of aromatic nitrogens is 3. The largest absolute Gasteiger partial charge is 0.367 e. The van der Waals surface area contributed by atoms with Crippen LogP contribution < -0.4 is 5.32 Å². The minimum Gasteiger partial charge on any atom is -0.367 e. The summed E-state index contributed by atoms with van der Waals surface area (Å²) in [5.41, 5.74) is -0.00665. The van der Waals surface area contributed by atoms with Gasteiger partial charge in [-0.1, -0.05) is 18.6 Å². The second kappa shape index (κ2) is 7.48. The maximum atomic E-state index is 4.14. The molecule has 0 aliphatic heterocycles. The molecule has 0 radical (unpaired) electrons. The van der Waals surface area contributed by atoms with Gasteiger partial charge in [0.15, 0.2) is 5.82 Å². The summed E-state index contributed by atoms with van der Waals surface area (Å²) in [4.78, 5) is 2.39. The normalized spacial score (nSPS) is 12.1. The van der Waals surface area contributed by atoms with Crippen molar-refractivity contribution in [3.05, 3.63) is 6.20 Å². The van der Waals surface area contributed by atoms with Gasteiger partial charge in [-0.25, -0.2) is 4.68 Å². The summed E-state index contributed by atoms with van der Waals surface area (Å²) in [7, 11) is 2.19. The molecule has 0 aromatic carbocycles. The minimum absolute atomic E-state index is 0.00665. The molecule has 5 nitrogen and oxygen atoms in total. The highest BCUT2D eigenvalue weighted by Crippen LogP contribution is 2.13. The Kier molecular flexibility index (Phi) is 6.28. The van der Waals surface area contributed by atoms with Crippen molar-refractivity contribution in [1.82, 2.24) is 19.9 Å². The van der Waals surface area contributed by atoms with Crippen LogP contribution in [0.5, 0.6) is 0 Å². The molecule has 1 aromatic rings. The summed E-state index contributed by atoms with van der Waals surface area (Å²) in [6, 6.07) is 0. The first-order valence-corrected chi connectivity index (χ1v) is 7.28. The lowest BCUT2D eigenvalue weighted by Crippen LogP contribution is -2.23. The first-order chi connectivity index (χ1) is 8.93. The molecule has 1 aromatic heterocycles. The van der Waals surface area contributed by atoms with Crippen LogP contribution >= 0.6 is 0 Å². The third-order valence-electron chi connectivity index (χ3n) is 3.10. The quantitative estimate of drug-likeness (QED) is 0.735. The van der Waals surface area contributed by atoms with E-state index < -0.39 is 0 Å². The van der Waals surface area contributed by atoms with Gasteiger partial charge in [0.2, 0.25) is 0 Å². The van der Waals surface area contributed by atoms with Crippen LogP contribution in [0.4, 0.5) is 5.82 Å². The highest BCUT2D eigenvalue weighted by molar-refractivity contribution is 5.29. The monoisotopic (exact) mass is 267 g/mol. The average molecular weight is 267 g/mol. The van der Waals surface area contributed by atoms with Gasteiger partial charge in [0.25, 0.3) is 0 Å². The third kappa shape index (κ3) is 6.05.